The highest BCUT2D eigenvalue weighted by molar-refractivity contribution is 5.44. The van der Waals surface area contributed by atoms with Gasteiger partial charge in [-0.1, -0.05) is 12.1 Å². The molecule has 1 atom stereocenters. The highest BCUT2D eigenvalue weighted by atomic mass is 19.1. The lowest BCUT2D eigenvalue weighted by Gasteiger charge is -2.16. The van der Waals surface area contributed by atoms with Crippen LogP contribution in [0, 0.1) is 18.7 Å². The van der Waals surface area contributed by atoms with Crippen LogP contribution in [0.15, 0.2) is 36.5 Å². The summed E-state index contributed by atoms with van der Waals surface area (Å²) in [6, 6.07) is 7.95. The number of nitrogens with one attached hydrogen (secondary N) is 1. The summed E-state index contributed by atoms with van der Waals surface area (Å²) in [6.07, 6.45) is 1.39. The van der Waals surface area contributed by atoms with Crippen LogP contribution in [0.1, 0.15) is 24.1 Å². The predicted molar refractivity (Wildman–Crippen MR) is 67.4 cm³/mol. The zero-order chi connectivity index (χ0) is 13.1. The van der Waals surface area contributed by atoms with E-state index in [0.717, 1.165) is 5.56 Å². The first-order chi connectivity index (χ1) is 8.56. The van der Waals surface area contributed by atoms with Gasteiger partial charge in [0.25, 0.3) is 0 Å². The second-order valence-corrected chi connectivity index (χ2v) is 4.24. The number of halogens is 2. The van der Waals surface area contributed by atoms with Gasteiger partial charge in [-0.3, -0.25) is 0 Å². The Labute approximate surface area is 105 Å². The van der Waals surface area contributed by atoms with E-state index in [2.05, 4.69) is 10.3 Å². The summed E-state index contributed by atoms with van der Waals surface area (Å²) in [5.41, 5.74) is 2.05. The Morgan fingerprint density at radius 2 is 1.94 bits per heavy atom. The van der Waals surface area contributed by atoms with E-state index < -0.39 is 5.95 Å². The Kier molecular flexibility index (Phi) is 3.55. The molecule has 0 radical (unpaired) electrons. The Morgan fingerprint density at radius 3 is 2.61 bits per heavy atom. The number of pyridine rings is 1. The molecule has 0 spiro atoms. The average molecular weight is 248 g/mol. The van der Waals surface area contributed by atoms with Crippen LogP contribution in [0.5, 0.6) is 0 Å². The van der Waals surface area contributed by atoms with Crippen molar-refractivity contribution in [3.8, 4) is 0 Å². The zero-order valence-electron chi connectivity index (χ0n) is 10.2. The monoisotopic (exact) mass is 248 g/mol. The number of anilines is 1. The third kappa shape index (κ3) is 2.83. The molecule has 94 valence electrons. The standard InChI is InChI=1S/C14H14F2N2/c1-9-3-4-11(7-13(9)15)10(2)18-12-5-6-17-14(16)8-12/h3-8,10H,1-2H3,(H,17,18). The summed E-state index contributed by atoms with van der Waals surface area (Å²) in [5.74, 6) is -0.774. The molecule has 1 heterocycles. The summed E-state index contributed by atoms with van der Waals surface area (Å²) < 4.78 is 26.4. The summed E-state index contributed by atoms with van der Waals surface area (Å²) in [5, 5.41) is 3.10. The highest BCUT2D eigenvalue weighted by Crippen LogP contribution is 2.21. The number of hydrogen-bond donors (Lipinski definition) is 1. The molecule has 0 saturated carbocycles. The fraction of sp³-hybridized carbons (Fsp3) is 0.214. The molecule has 1 aromatic heterocycles. The molecule has 1 aromatic carbocycles. The minimum absolute atomic E-state index is 0.109. The zero-order valence-corrected chi connectivity index (χ0v) is 10.2. The molecule has 0 bridgehead atoms. The van der Waals surface area contributed by atoms with Gasteiger partial charge in [0.05, 0.1) is 0 Å². The SMILES string of the molecule is Cc1ccc(C(C)Nc2ccnc(F)c2)cc1F. The van der Waals surface area contributed by atoms with Crippen molar-refractivity contribution in [1.29, 1.82) is 0 Å². The van der Waals surface area contributed by atoms with Crippen LogP contribution in [0.2, 0.25) is 0 Å². The van der Waals surface area contributed by atoms with Crippen LogP contribution in [-0.4, -0.2) is 4.98 Å². The maximum Gasteiger partial charge on any atom is 0.214 e. The topological polar surface area (TPSA) is 24.9 Å². The number of aryl methyl sites for hydroxylation is 1. The second kappa shape index (κ2) is 5.12. The van der Waals surface area contributed by atoms with E-state index in [1.165, 1.54) is 18.3 Å². The Balaban J connectivity index is 2.16. The summed E-state index contributed by atoms with van der Waals surface area (Å²) in [6.45, 7) is 3.61. The fourth-order valence-corrected chi connectivity index (χ4v) is 1.70. The van der Waals surface area contributed by atoms with Crippen LogP contribution in [0.4, 0.5) is 14.5 Å². The molecule has 2 nitrogen and oxygen atoms in total. The summed E-state index contributed by atoms with van der Waals surface area (Å²) in [4.78, 5) is 3.48. The minimum atomic E-state index is -0.540. The van der Waals surface area contributed by atoms with E-state index in [-0.39, 0.29) is 11.9 Å². The molecule has 18 heavy (non-hydrogen) atoms. The molecule has 0 fully saturated rings. The molecular formula is C14H14F2N2. The van der Waals surface area contributed by atoms with Gasteiger partial charge in [-0.2, -0.15) is 4.39 Å². The fourth-order valence-electron chi connectivity index (χ4n) is 1.70. The molecule has 0 aliphatic heterocycles. The molecule has 0 aliphatic rings. The lowest BCUT2D eigenvalue weighted by Crippen LogP contribution is -2.07. The molecule has 0 saturated heterocycles. The Bertz CT molecular complexity index is 555. The van der Waals surface area contributed by atoms with E-state index in [1.807, 2.05) is 13.0 Å². The molecule has 2 rings (SSSR count). The molecule has 1 unspecified atom stereocenters. The van der Waals surface area contributed by atoms with Crippen molar-refractivity contribution in [2.24, 2.45) is 0 Å². The number of benzene rings is 1. The number of hydrogen-bond acceptors (Lipinski definition) is 2. The van der Waals surface area contributed by atoms with Gasteiger partial charge in [0.2, 0.25) is 5.95 Å². The number of rotatable bonds is 3. The smallest absolute Gasteiger partial charge is 0.214 e. The van der Waals surface area contributed by atoms with Gasteiger partial charge >= 0.3 is 0 Å². The van der Waals surface area contributed by atoms with Crippen LogP contribution < -0.4 is 5.32 Å². The van der Waals surface area contributed by atoms with E-state index in [1.54, 1.807) is 19.1 Å². The maximum absolute atomic E-state index is 13.4. The quantitative estimate of drug-likeness (QED) is 0.835. The predicted octanol–water partition coefficient (Wildman–Crippen LogP) is 3.84. The van der Waals surface area contributed by atoms with Crippen molar-refractivity contribution in [2.75, 3.05) is 5.32 Å². The van der Waals surface area contributed by atoms with E-state index in [9.17, 15) is 8.78 Å². The molecule has 0 aliphatic carbocycles. The van der Waals surface area contributed by atoms with Gasteiger partial charge in [0.15, 0.2) is 0 Å². The van der Waals surface area contributed by atoms with Gasteiger partial charge in [-0.15, -0.1) is 0 Å². The molecule has 4 heteroatoms. The molecule has 0 amide bonds. The Hall–Kier alpha value is -1.97. The van der Waals surface area contributed by atoms with Crippen molar-refractivity contribution in [1.82, 2.24) is 4.98 Å². The first-order valence-corrected chi connectivity index (χ1v) is 5.70. The van der Waals surface area contributed by atoms with Crippen molar-refractivity contribution < 1.29 is 8.78 Å². The second-order valence-electron chi connectivity index (χ2n) is 4.24. The molecular weight excluding hydrogens is 234 g/mol. The van der Waals surface area contributed by atoms with Gasteiger partial charge < -0.3 is 5.32 Å². The van der Waals surface area contributed by atoms with Gasteiger partial charge in [0.1, 0.15) is 5.82 Å². The molecule has 1 N–H and O–H groups in total. The Morgan fingerprint density at radius 1 is 1.17 bits per heavy atom. The first kappa shape index (κ1) is 12.5. The first-order valence-electron chi connectivity index (χ1n) is 5.70. The molecule has 2 aromatic rings. The van der Waals surface area contributed by atoms with Gasteiger partial charge in [-0.05, 0) is 37.1 Å². The highest BCUT2D eigenvalue weighted by Gasteiger charge is 2.08. The summed E-state index contributed by atoms with van der Waals surface area (Å²) in [7, 11) is 0. The summed E-state index contributed by atoms with van der Waals surface area (Å²) >= 11 is 0. The lowest BCUT2D eigenvalue weighted by atomic mass is 10.1. The normalized spacial score (nSPS) is 12.2. The van der Waals surface area contributed by atoms with Crippen LogP contribution in [0.25, 0.3) is 0 Å². The van der Waals surface area contributed by atoms with Crippen LogP contribution in [0.3, 0.4) is 0 Å². The van der Waals surface area contributed by atoms with E-state index in [0.29, 0.717) is 11.3 Å². The van der Waals surface area contributed by atoms with Crippen molar-refractivity contribution in [3.63, 3.8) is 0 Å². The minimum Gasteiger partial charge on any atom is -0.378 e. The number of aromatic nitrogens is 1. The van der Waals surface area contributed by atoms with Crippen molar-refractivity contribution >= 4 is 5.69 Å². The number of nitrogens with zero attached hydrogens (tertiary/aromatic N) is 1. The largest absolute Gasteiger partial charge is 0.378 e. The van der Waals surface area contributed by atoms with E-state index >= 15 is 0 Å². The van der Waals surface area contributed by atoms with Crippen LogP contribution in [-0.2, 0) is 0 Å². The van der Waals surface area contributed by atoms with E-state index in [4.69, 9.17) is 0 Å². The van der Waals surface area contributed by atoms with Gasteiger partial charge in [-0.25, -0.2) is 9.37 Å². The third-order valence-corrected chi connectivity index (χ3v) is 2.81. The van der Waals surface area contributed by atoms with Crippen molar-refractivity contribution in [2.45, 2.75) is 19.9 Å². The third-order valence-electron chi connectivity index (χ3n) is 2.81. The van der Waals surface area contributed by atoms with Crippen LogP contribution >= 0.6 is 0 Å². The van der Waals surface area contributed by atoms with Crippen molar-refractivity contribution in [3.05, 3.63) is 59.4 Å². The maximum atomic E-state index is 13.4. The lowest BCUT2D eigenvalue weighted by molar-refractivity contribution is 0.584. The van der Waals surface area contributed by atoms with Gasteiger partial charge in [0, 0.05) is 24.0 Å². The average Bonchev–Trinajstić information content (AvgIpc) is 2.32.